The van der Waals surface area contributed by atoms with Crippen LogP contribution in [-0.4, -0.2) is 29.6 Å². The molecule has 2 atom stereocenters. The summed E-state index contributed by atoms with van der Waals surface area (Å²) in [5.41, 5.74) is 0.420. The van der Waals surface area contributed by atoms with Gasteiger partial charge in [0.2, 0.25) is 5.91 Å². The molecule has 1 saturated carbocycles. The van der Waals surface area contributed by atoms with Gasteiger partial charge in [0.15, 0.2) is 0 Å². The van der Waals surface area contributed by atoms with Crippen LogP contribution in [0.2, 0.25) is 0 Å². The van der Waals surface area contributed by atoms with E-state index in [0.29, 0.717) is 17.5 Å². The first kappa shape index (κ1) is 13.9. The molecule has 0 aromatic heterocycles. The molecule has 1 amide bonds. The first-order chi connectivity index (χ1) is 8.59. The van der Waals surface area contributed by atoms with E-state index in [0.717, 1.165) is 32.2 Å². The second-order valence-electron chi connectivity index (χ2n) is 6.44. The molecule has 3 nitrogen and oxygen atoms in total. The third-order valence-electron chi connectivity index (χ3n) is 4.42. The molecule has 18 heavy (non-hydrogen) atoms. The SMILES string of the molecule is CCCCC1NC(CCC)N(CC2(C)CC2)C1=O. The van der Waals surface area contributed by atoms with Crippen LogP contribution in [0.5, 0.6) is 0 Å². The van der Waals surface area contributed by atoms with Gasteiger partial charge in [-0.3, -0.25) is 10.1 Å². The van der Waals surface area contributed by atoms with Gasteiger partial charge < -0.3 is 4.90 Å². The van der Waals surface area contributed by atoms with Crippen molar-refractivity contribution in [1.29, 1.82) is 0 Å². The molecule has 0 spiro atoms. The summed E-state index contributed by atoms with van der Waals surface area (Å²) in [5, 5.41) is 3.55. The van der Waals surface area contributed by atoms with Crippen LogP contribution < -0.4 is 5.32 Å². The van der Waals surface area contributed by atoms with Crippen molar-refractivity contribution in [3.63, 3.8) is 0 Å². The molecule has 2 aliphatic rings. The molecule has 1 N–H and O–H groups in total. The highest BCUT2D eigenvalue weighted by atomic mass is 16.2. The maximum absolute atomic E-state index is 12.5. The molecular formula is C15H28N2O. The lowest BCUT2D eigenvalue weighted by molar-refractivity contribution is -0.131. The van der Waals surface area contributed by atoms with Gasteiger partial charge in [-0.2, -0.15) is 0 Å². The number of nitrogens with one attached hydrogen (secondary N) is 1. The molecule has 0 aromatic rings. The maximum Gasteiger partial charge on any atom is 0.241 e. The Bertz CT molecular complexity index is 299. The summed E-state index contributed by atoms with van der Waals surface area (Å²) in [6.07, 6.45) is 8.41. The Morgan fingerprint density at radius 2 is 2.00 bits per heavy atom. The lowest BCUT2D eigenvalue weighted by atomic mass is 10.1. The Morgan fingerprint density at radius 1 is 1.28 bits per heavy atom. The lowest BCUT2D eigenvalue weighted by Gasteiger charge is -2.26. The van der Waals surface area contributed by atoms with Gasteiger partial charge in [-0.05, 0) is 31.1 Å². The highest BCUT2D eigenvalue weighted by Gasteiger charge is 2.45. The summed E-state index contributed by atoms with van der Waals surface area (Å²) in [6, 6.07) is 0.0869. The van der Waals surface area contributed by atoms with E-state index in [1.54, 1.807) is 0 Å². The standard InChI is InChI=1S/C15H28N2O/c1-4-6-8-12-14(18)17(11-15(3)9-10-15)13(16-12)7-5-2/h12-13,16H,4-11H2,1-3H3. The number of carbonyl (C=O) groups is 1. The van der Waals surface area contributed by atoms with Crippen molar-refractivity contribution in [3.05, 3.63) is 0 Å². The van der Waals surface area contributed by atoms with E-state index < -0.39 is 0 Å². The number of hydrogen-bond donors (Lipinski definition) is 1. The number of amides is 1. The fourth-order valence-electron chi connectivity index (χ4n) is 2.85. The molecule has 104 valence electrons. The van der Waals surface area contributed by atoms with Crippen molar-refractivity contribution in [1.82, 2.24) is 10.2 Å². The molecule has 1 saturated heterocycles. The summed E-state index contributed by atoms with van der Waals surface area (Å²) in [4.78, 5) is 14.6. The summed E-state index contributed by atoms with van der Waals surface area (Å²) in [6.45, 7) is 7.66. The molecule has 0 aromatic carbocycles. The third kappa shape index (κ3) is 3.05. The van der Waals surface area contributed by atoms with Crippen LogP contribution in [0.25, 0.3) is 0 Å². The third-order valence-corrected chi connectivity index (χ3v) is 4.42. The maximum atomic E-state index is 12.5. The first-order valence-electron chi connectivity index (χ1n) is 7.66. The van der Waals surface area contributed by atoms with E-state index in [1.165, 1.54) is 19.3 Å². The average Bonchev–Trinajstić information content (AvgIpc) is 3.01. The number of unbranched alkanes of at least 4 members (excludes halogenated alkanes) is 1. The average molecular weight is 252 g/mol. The van der Waals surface area contributed by atoms with Gasteiger partial charge in [-0.1, -0.05) is 40.0 Å². The Labute approximate surface area is 111 Å². The van der Waals surface area contributed by atoms with Crippen LogP contribution in [0, 0.1) is 5.41 Å². The normalized spacial score (nSPS) is 29.9. The molecule has 1 aliphatic carbocycles. The van der Waals surface area contributed by atoms with Gasteiger partial charge in [0.25, 0.3) is 0 Å². The van der Waals surface area contributed by atoms with E-state index in [1.807, 2.05) is 0 Å². The number of rotatable bonds is 7. The smallest absolute Gasteiger partial charge is 0.241 e. The predicted octanol–water partition coefficient (Wildman–Crippen LogP) is 2.90. The van der Waals surface area contributed by atoms with Gasteiger partial charge in [-0.15, -0.1) is 0 Å². The minimum absolute atomic E-state index is 0.0869. The van der Waals surface area contributed by atoms with Gasteiger partial charge in [0.05, 0.1) is 12.2 Å². The van der Waals surface area contributed by atoms with E-state index in [2.05, 4.69) is 31.0 Å². The van der Waals surface area contributed by atoms with E-state index in [4.69, 9.17) is 0 Å². The minimum atomic E-state index is 0.0869. The van der Waals surface area contributed by atoms with Crippen LogP contribution in [0.4, 0.5) is 0 Å². The molecule has 0 radical (unpaired) electrons. The van der Waals surface area contributed by atoms with Crippen molar-refractivity contribution in [3.8, 4) is 0 Å². The van der Waals surface area contributed by atoms with Crippen LogP contribution in [0.3, 0.4) is 0 Å². The zero-order valence-electron chi connectivity index (χ0n) is 12.2. The first-order valence-corrected chi connectivity index (χ1v) is 7.66. The molecule has 2 unspecified atom stereocenters. The zero-order valence-corrected chi connectivity index (χ0v) is 12.2. The van der Waals surface area contributed by atoms with E-state index >= 15 is 0 Å². The largest absolute Gasteiger partial charge is 0.325 e. The van der Waals surface area contributed by atoms with E-state index in [-0.39, 0.29) is 6.04 Å². The summed E-state index contributed by atoms with van der Waals surface area (Å²) >= 11 is 0. The van der Waals surface area contributed by atoms with Gasteiger partial charge in [0.1, 0.15) is 0 Å². The van der Waals surface area contributed by atoms with Gasteiger partial charge in [-0.25, -0.2) is 0 Å². The summed E-state index contributed by atoms with van der Waals surface area (Å²) < 4.78 is 0. The van der Waals surface area contributed by atoms with Crippen molar-refractivity contribution in [2.24, 2.45) is 5.41 Å². The fraction of sp³-hybridized carbons (Fsp3) is 0.933. The second-order valence-corrected chi connectivity index (χ2v) is 6.44. The van der Waals surface area contributed by atoms with Crippen LogP contribution in [0.15, 0.2) is 0 Å². The molecule has 2 rings (SSSR count). The minimum Gasteiger partial charge on any atom is -0.325 e. The Kier molecular flexibility index (Phi) is 4.31. The fourth-order valence-corrected chi connectivity index (χ4v) is 2.85. The Balaban J connectivity index is 1.97. The predicted molar refractivity (Wildman–Crippen MR) is 74.2 cm³/mol. The highest BCUT2D eigenvalue weighted by molar-refractivity contribution is 5.84. The Morgan fingerprint density at radius 3 is 2.56 bits per heavy atom. The topological polar surface area (TPSA) is 32.3 Å². The van der Waals surface area contributed by atoms with Crippen LogP contribution in [-0.2, 0) is 4.79 Å². The lowest BCUT2D eigenvalue weighted by Crippen LogP contribution is -2.40. The van der Waals surface area contributed by atoms with Crippen LogP contribution in [0.1, 0.15) is 65.7 Å². The zero-order chi connectivity index (χ0) is 13.2. The number of carbonyl (C=O) groups excluding carboxylic acids is 1. The van der Waals surface area contributed by atoms with Gasteiger partial charge in [0, 0.05) is 6.54 Å². The molecule has 1 aliphatic heterocycles. The van der Waals surface area contributed by atoms with E-state index in [9.17, 15) is 4.79 Å². The summed E-state index contributed by atoms with van der Waals surface area (Å²) in [7, 11) is 0. The molecule has 1 heterocycles. The quantitative estimate of drug-likeness (QED) is 0.755. The number of nitrogens with zero attached hydrogens (tertiary/aromatic N) is 1. The molecule has 0 bridgehead atoms. The van der Waals surface area contributed by atoms with Crippen LogP contribution >= 0.6 is 0 Å². The van der Waals surface area contributed by atoms with Gasteiger partial charge >= 0.3 is 0 Å². The van der Waals surface area contributed by atoms with Crippen molar-refractivity contribution in [2.45, 2.75) is 77.9 Å². The molecule has 2 fully saturated rings. The summed E-state index contributed by atoms with van der Waals surface area (Å²) in [5.74, 6) is 0.357. The number of hydrogen-bond acceptors (Lipinski definition) is 2. The van der Waals surface area contributed by atoms with Crippen molar-refractivity contribution < 1.29 is 4.79 Å². The Hall–Kier alpha value is -0.570. The van der Waals surface area contributed by atoms with Crippen molar-refractivity contribution >= 4 is 5.91 Å². The monoisotopic (exact) mass is 252 g/mol. The molecule has 3 heteroatoms. The van der Waals surface area contributed by atoms with Crippen molar-refractivity contribution in [2.75, 3.05) is 6.54 Å². The second kappa shape index (κ2) is 5.60. The highest BCUT2D eigenvalue weighted by Crippen LogP contribution is 2.46. The molecular weight excluding hydrogens is 224 g/mol.